The SMILES string of the molecule is Cn1c(O)c(N=NC(=O)c2ccc(F)cc2)c2ccccc21. The second-order valence-corrected chi connectivity index (χ2v) is 4.76. The van der Waals surface area contributed by atoms with E-state index in [1.807, 2.05) is 18.2 Å². The predicted octanol–water partition coefficient (Wildman–Crippen LogP) is 3.95. The summed E-state index contributed by atoms with van der Waals surface area (Å²) in [6.45, 7) is 0. The van der Waals surface area contributed by atoms with Gasteiger partial charge in [0, 0.05) is 18.0 Å². The molecular weight excluding hydrogens is 285 g/mol. The molecule has 0 fully saturated rings. The van der Waals surface area contributed by atoms with Gasteiger partial charge < -0.3 is 9.67 Å². The number of benzene rings is 2. The highest BCUT2D eigenvalue weighted by Crippen LogP contribution is 2.37. The van der Waals surface area contributed by atoms with Crippen LogP contribution in [0.1, 0.15) is 10.4 Å². The topological polar surface area (TPSA) is 66.9 Å². The monoisotopic (exact) mass is 297 g/mol. The number of rotatable bonds is 2. The lowest BCUT2D eigenvalue weighted by molar-refractivity contribution is 0.0995. The van der Waals surface area contributed by atoms with E-state index in [0.717, 1.165) is 5.52 Å². The van der Waals surface area contributed by atoms with Crippen molar-refractivity contribution in [3.8, 4) is 5.88 Å². The first-order valence-electron chi connectivity index (χ1n) is 6.56. The Morgan fingerprint density at radius 1 is 1.14 bits per heavy atom. The fourth-order valence-corrected chi connectivity index (χ4v) is 2.20. The fourth-order valence-electron chi connectivity index (χ4n) is 2.20. The number of para-hydroxylation sites is 1. The van der Waals surface area contributed by atoms with Crippen LogP contribution in [0, 0.1) is 5.82 Å². The molecule has 1 N–H and O–H groups in total. The quantitative estimate of drug-likeness (QED) is 0.728. The minimum Gasteiger partial charge on any atom is -0.493 e. The highest BCUT2D eigenvalue weighted by Gasteiger charge is 2.14. The van der Waals surface area contributed by atoms with Crippen molar-refractivity contribution in [2.75, 3.05) is 0 Å². The van der Waals surface area contributed by atoms with Crippen LogP contribution in [0.4, 0.5) is 10.1 Å². The molecule has 3 rings (SSSR count). The van der Waals surface area contributed by atoms with Crippen LogP contribution < -0.4 is 0 Å². The van der Waals surface area contributed by atoms with Crippen LogP contribution in [-0.4, -0.2) is 15.6 Å². The lowest BCUT2D eigenvalue weighted by Crippen LogP contribution is -1.93. The fraction of sp³-hybridized carbons (Fsp3) is 0.0625. The van der Waals surface area contributed by atoms with Crippen molar-refractivity contribution in [1.82, 2.24) is 4.57 Å². The molecule has 0 unspecified atom stereocenters. The van der Waals surface area contributed by atoms with E-state index in [2.05, 4.69) is 10.2 Å². The molecule has 3 aromatic rings. The van der Waals surface area contributed by atoms with Gasteiger partial charge in [0.15, 0.2) is 5.69 Å². The molecule has 0 aliphatic carbocycles. The average Bonchev–Trinajstić information content (AvgIpc) is 2.78. The maximum Gasteiger partial charge on any atom is 0.295 e. The van der Waals surface area contributed by atoms with Gasteiger partial charge in [-0.25, -0.2) is 4.39 Å². The number of hydrogen-bond acceptors (Lipinski definition) is 3. The molecule has 1 aromatic heterocycles. The van der Waals surface area contributed by atoms with E-state index >= 15 is 0 Å². The first-order valence-corrected chi connectivity index (χ1v) is 6.56. The minimum atomic E-state index is -0.604. The number of azo groups is 1. The van der Waals surface area contributed by atoms with Crippen molar-refractivity contribution in [1.29, 1.82) is 0 Å². The van der Waals surface area contributed by atoms with Gasteiger partial charge in [0.1, 0.15) is 5.82 Å². The van der Waals surface area contributed by atoms with Gasteiger partial charge in [-0.2, -0.15) is 0 Å². The molecule has 0 saturated carbocycles. The Bertz CT molecular complexity index is 882. The van der Waals surface area contributed by atoms with E-state index in [0.29, 0.717) is 5.39 Å². The molecule has 0 aliphatic heterocycles. The van der Waals surface area contributed by atoms with E-state index in [1.54, 1.807) is 17.7 Å². The zero-order valence-corrected chi connectivity index (χ0v) is 11.7. The molecule has 0 spiro atoms. The summed E-state index contributed by atoms with van der Waals surface area (Å²) >= 11 is 0. The number of fused-ring (bicyclic) bond motifs is 1. The van der Waals surface area contributed by atoms with Crippen LogP contribution in [-0.2, 0) is 7.05 Å². The summed E-state index contributed by atoms with van der Waals surface area (Å²) in [5, 5.41) is 18.3. The average molecular weight is 297 g/mol. The second-order valence-electron chi connectivity index (χ2n) is 4.76. The highest BCUT2D eigenvalue weighted by atomic mass is 19.1. The Morgan fingerprint density at radius 3 is 2.55 bits per heavy atom. The predicted molar refractivity (Wildman–Crippen MR) is 79.8 cm³/mol. The highest BCUT2D eigenvalue weighted by molar-refractivity contribution is 5.97. The lowest BCUT2D eigenvalue weighted by atomic mass is 10.2. The number of amides is 1. The normalized spacial score (nSPS) is 11.4. The third-order valence-electron chi connectivity index (χ3n) is 3.38. The summed E-state index contributed by atoms with van der Waals surface area (Å²) in [5.74, 6) is -1.11. The van der Waals surface area contributed by atoms with Gasteiger partial charge in [0.25, 0.3) is 5.91 Å². The molecule has 6 heteroatoms. The first-order chi connectivity index (χ1) is 10.6. The Labute approximate surface area is 125 Å². The number of halogens is 1. The number of carbonyl (C=O) groups excluding carboxylic acids is 1. The van der Waals surface area contributed by atoms with E-state index in [4.69, 9.17) is 0 Å². The van der Waals surface area contributed by atoms with Gasteiger partial charge in [0.2, 0.25) is 5.88 Å². The van der Waals surface area contributed by atoms with Crippen LogP contribution in [0.2, 0.25) is 0 Å². The summed E-state index contributed by atoms with van der Waals surface area (Å²) in [7, 11) is 1.69. The van der Waals surface area contributed by atoms with E-state index in [-0.39, 0.29) is 17.1 Å². The van der Waals surface area contributed by atoms with Crippen molar-refractivity contribution in [3.05, 3.63) is 59.9 Å². The van der Waals surface area contributed by atoms with Gasteiger partial charge in [-0.3, -0.25) is 4.79 Å². The third kappa shape index (κ3) is 2.35. The number of nitrogens with zero attached hydrogens (tertiary/aromatic N) is 3. The summed E-state index contributed by atoms with van der Waals surface area (Å²) in [5.41, 5.74) is 1.24. The molecule has 1 amide bonds. The number of aromatic nitrogens is 1. The smallest absolute Gasteiger partial charge is 0.295 e. The summed E-state index contributed by atoms with van der Waals surface area (Å²) in [4.78, 5) is 11.9. The molecule has 2 aromatic carbocycles. The summed E-state index contributed by atoms with van der Waals surface area (Å²) < 4.78 is 14.4. The van der Waals surface area contributed by atoms with Gasteiger partial charge in [0.05, 0.1) is 5.52 Å². The first kappa shape index (κ1) is 13.9. The second kappa shape index (κ2) is 5.40. The minimum absolute atomic E-state index is 0.0724. The molecule has 1 heterocycles. The molecule has 0 aliphatic rings. The molecule has 0 atom stereocenters. The molecule has 0 saturated heterocycles. The largest absolute Gasteiger partial charge is 0.493 e. The maximum absolute atomic E-state index is 12.8. The van der Waals surface area contributed by atoms with Crippen molar-refractivity contribution in [2.24, 2.45) is 17.3 Å². The van der Waals surface area contributed by atoms with Gasteiger partial charge >= 0.3 is 0 Å². The Kier molecular flexibility index (Phi) is 3.42. The Hall–Kier alpha value is -3.02. The van der Waals surface area contributed by atoms with Crippen molar-refractivity contribution in [3.63, 3.8) is 0 Å². The van der Waals surface area contributed by atoms with Crippen LogP contribution in [0.15, 0.2) is 58.8 Å². The number of aromatic hydroxyl groups is 1. The standard InChI is InChI=1S/C16H12FN3O2/c1-20-13-5-3-2-4-12(13)14(16(20)22)18-19-15(21)10-6-8-11(17)9-7-10/h2-9,22H,1H3. The van der Waals surface area contributed by atoms with Crippen LogP contribution in [0.5, 0.6) is 5.88 Å². The van der Waals surface area contributed by atoms with E-state index < -0.39 is 11.7 Å². The van der Waals surface area contributed by atoms with E-state index in [9.17, 15) is 14.3 Å². The van der Waals surface area contributed by atoms with Crippen molar-refractivity contribution in [2.45, 2.75) is 0 Å². The molecule has 22 heavy (non-hydrogen) atoms. The van der Waals surface area contributed by atoms with Crippen LogP contribution in [0.25, 0.3) is 10.9 Å². The maximum atomic E-state index is 12.8. The molecule has 0 radical (unpaired) electrons. The van der Waals surface area contributed by atoms with Gasteiger partial charge in [-0.05, 0) is 30.3 Å². The molecular formula is C16H12FN3O2. The molecule has 5 nitrogen and oxygen atoms in total. The van der Waals surface area contributed by atoms with Gasteiger partial charge in [-0.15, -0.1) is 10.2 Å². The lowest BCUT2D eigenvalue weighted by Gasteiger charge is -1.95. The zero-order valence-electron chi connectivity index (χ0n) is 11.7. The zero-order chi connectivity index (χ0) is 15.7. The van der Waals surface area contributed by atoms with E-state index in [1.165, 1.54) is 24.3 Å². The molecule has 110 valence electrons. The van der Waals surface area contributed by atoms with Crippen molar-refractivity contribution < 1.29 is 14.3 Å². The van der Waals surface area contributed by atoms with Crippen molar-refractivity contribution >= 4 is 22.5 Å². The third-order valence-corrected chi connectivity index (χ3v) is 3.38. The van der Waals surface area contributed by atoms with Crippen LogP contribution >= 0.6 is 0 Å². The number of hydrogen-bond donors (Lipinski definition) is 1. The van der Waals surface area contributed by atoms with Gasteiger partial charge in [-0.1, -0.05) is 18.2 Å². The summed E-state index contributed by atoms with van der Waals surface area (Å²) in [6, 6.07) is 12.3. The number of aryl methyl sites for hydroxylation is 1. The Morgan fingerprint density at radius 2 is 1.82 bits per heavy atom. The number of carbonyl (C=O) groups is 1. The Balaban J connectivity index is 1.97. The summed E-state index contributed by atoms with van der Waals surface area (Å²) in [6.07, 6.45) is 0. The molecule has 0 bridgehead atoms. The van der Waals surface area contributed by atoms with Crippen LogP contribution in [0.3, 0.4) is 0 Å².